The Morgan fingerprint density at radius 2 is 1.65 bits per heavy atom. The molecule has 3 nitrogen and oxygen atoms in total. The summed E-state index contributed by atoms with van der Waals surface area (Å²) in [6.07, 6.45) is 0.146. The van der Waals surface area contributed by atoms with Crippen LogP contribution in [0.2, 0.25) is 0 Å². The molecular formula is C14H23NO2. The third kappa shape index (κ3) is 4.65. The van der Waals surface area contributed by atoms with Crippen molar-refractivity contribution in [2.45, 2.75) is 39.8 Å². The fraction of sp³-hybridized carbons (Fsp3) is 0.571. The van der Waals surface area contributed by atoms with Crippen molar-refractivity contribution >= 4 is 0 Å². The summed E-state index contributed by atoms with van der Waals surface area (Å²) in [5.74, 6) is 1.76. The van der Waals surface area contributed by atoms with E-state index in [9.17, 15) is 0 Å². The zero-order valence-electron chi connectivity index (χ0n) is 11.2. The topological polar surface area (TPSA) is 30.5 Å². The van der Waals surface area contributed by atoms with Gasteiger partial charge in [0.1, 0.15) is 17.6 Å². The van der Waals surface area contributed by atoms with Crippen molar-refractivity contribution < 1.29 is 9.47 Å². The highest BCUT2D eigenvalue weighted by Gasteiger charge is 2.12. The van der Waals surface area contributed by atoms with Gasteiger partial charge in [-0.1, -0.05) is 6.92 Å². The average Bonchev–Trinajstić information content (AvgIpc) is 2.32. The normalized spacial score (nSPS) is 14.1. The van der Waals surface area contributed by atoms with Gasteiger partial charge < -0.3 is 14.8 Å². The summed E-state index contributed by atoms with van der Waals surface area (Å²) in [7, 11) is 0. The summed E-state index contributed by atoms with van der Waals surface area (Å²) in [5, 5.41) is 3.35. The lowest BCUT2D eigenvalue weighted by Gasteiger charge is -2.22. The highest BCUT2D eigenvalue weighted by molar-refractivity contribution is 5.31. The van der Waals surface area contributed by atoms with Crippen molar-refractivity contribution in [2.75, 3.05) is 13.2 Å². The van der Waals surface area contributed by atoms with Crippen LogP contribution in [0.25, 0.3) is 0 Å². The van der Waals surface area contributed by atoms with Crippen molar-refractivity contribution in [3.8, 4) is 11.5 Å². The predicted molar refractivity (Wildman–Crippen MR) is 70.8 cm³/mol. The first-order valence-corrected chi connectivity index (χ1v) is 6.30. The molecule has 0 aliphatic rings. The van der Waals surface area contributed by atoms with Crippen LogP contribution in [-0.2, 0) is 0 Å². The fourth-order valence-electron chi connectivity index (χ4n) is 1.59. The largest absolute Gasteiger partial charge is 0.494 e. The van der Waals surface area contributed by atoms with Gasteiger partial charge in [-0.15, -0.1) is 0 Å². The molecule has 0 saturated heterocycles. The van der Waals surface area contributed by atoms with E-state index in [4.69, 9.17) is 9.47 Å². The Balaban J connectivity index is 2.50. The zero-order chi connectivity index (χ0) is 12.7. The summed E-state index contributed by atoms with van der Waals surface area (Å²) >= 11 is 0. The van der Waals surface area contributed by atoms with E-state index in [-0.39, 0.29) is 6.10 Å². The maximum Gasteiger partial charge on any atom is 0.120 e. The van der Waals surface area contributed by atoms with Crippen molar-refractivity contribution in [1.82, 2.24) is 5.32 Å². The molecule has 0 spiro atoms. The molecule has 0 bridgehead atoms. The van der Waals surface area contributed by atoms with Gasteiger partial charge in [-0.05, 0) is 51.6 Å². The van der Waals surface area contributed by atoms with Crippen LogP contribution < -0.4 is 14.8 Å². The van der Waals surface area contributed by atoms with Gasteiger partial charge in [-0.25, -0.2) is 0 Å². The second kappa shape index (κ2) is 7.17. The molecular weight excluding hydrogens is 214 g/mol. The maximum absolute atomic E-state index is 5.84. The molecule has 3 heteroatoms. The molecule has 96 valence electrons. The van der Waals surface area contributed by atoms with Gasteiger partial charge in [-0.3, -0.25) is 0 Å². The highest BCUT2D eigenvalue weighted by Crippen LogP contribution is 2.19. The molecule has 2 unspecified atom stereocenters. The zero-order valence-corrected chi connectivity index (χ0v) is 11.2. The molecule has 0 aliphatic carbocycles. The van der Waals surface area contributed by atoms with E-state index in [2.05, 4.69) is 26.1 Å². The van der Waals surface area contributed by atoms with E-state index in [1.54, 1.807) is 0 Å². The Labute approximate surface area is 104 Å². The Morgan fingerprint density at radius 1 is 1.06 bits per heavy atom. The lowest BCUT2D eigenvalue weighted by Crippen LogP contribution is -2.38. The van der Waals surface area contributed by atoms with E-state index in [0.29, 0.717) is 12.6 Å². The number of benzene rings is 1. The summed E-state index contributed by atoms with van der Waals surface area (Å²) in [4.78, 5) is 0. The molecule has 0 saturated carbocycles. The maximum atomic E-state index is 5.84. The molecule has 0 aromatic heterocycles. The first kappa shape index (κ1) is 13.8. The fourth-order valence-corrected chi connectivity index (χ4v) is 1.59. The number of nitrogens with one attached hydrogen (secondary N) is 1. The van der Waals surface area contributed by atoms with Crippen LogP contribution in [0, 0.1) is 0 Å². The second-order valence-corrected chi connectivity index (χ2v) is 4.07. The Bertz CT molecular complexity index is 311. The molecule has 0 aliphatic heterocycles. The van der Waals surface area contributed by atoms with E-state index in [1.807, 2.05) is 31.2 Å². The first-order valence-electron chi connectivity index (χ1n) is 6.30. The molecule has 1 rings (SSSR count). The summed E-state index contributed by atoms with van der Waals surface area (Å²) in [5.41, 5.74) is 0. The molecule has 0 heterocycles. The van der Waals surface area contributed by atoms with Gasteiger partial charge in [0.25, 0.3) is 0 Å². The van der Waals surface area contributed by atoms with Crippen LogP contribution in [0.15, 0.2) is 24.3 Å². The van der Waals surface area contributed by atoms with Gasteiger partial charge in [0.2, 0.25) is 0 Å². The van der Waals surface area contributed by atoms with E-state index >= 15 is 0 Å². The highest BCUT2D eigenvalue weighted by atomic mass is 16.5. The smallest absolute Gasteiger partial charge is 0.120 e. The number of hydrogen-bond donors (Lipinski definition) is 1. The molecule has 1 aromatic carbocycles. The third-order valence-electron chi connectivity index (χ3n) is 2.69. The molecule has 2 atom stereocenters. The number of ether oxygens (including phenoxy) is 2. The summed E-state index contributed by atoms with van der Waals surface area (Å²) < 4.78 is 11.2. The Morgan fingerprint density at radius 3 is 2.18 bits per heavy atom. The monoisotopic (exact) mass is 237 g/mol. The van der Waals surface area contributed by atoms with Gasteiger partial charge >= 0.3 is 0 Å². The van der Waals surface area contributed by atoms with Crippen molar-refractivity contribution in [3.05, 3.63) is 24.3 Å². The van der Waals surface area contributed by atoms with Crippen LogP contribution in [0.3, 0.4) is 0 Å². The van der Waals surface area contributed by atoms with Crippen LogP contribution in [0.5, 0.6) is 11.5 Å². The van der Waals surface area contributed by atoms with Crippen molar-refractivity contribution in [1.29, 1.82) is 0 Å². The minimum absolute atomic E-state index is 0.146. The minimum Gasteiger partial charge on any atom is -0.494 e. The standard InChI is InChI=1S/C14H23NO2/c1-5-15-11(3)12(4)17-14-9-7-13(8-10-14)16-6-2/h7-12,15H,5-6H2,1-4H3. The Kier molecular flexibility index (Phi) is 5.84. The molecule has 0 radical (unpaired) electrons. The predicted octanol–water partition coefficient (Wildman–Crippen LogP) is 2.85. The Hall–Kier alpha value is -1.22. The second-order valence-electron chi connectivity index (χ2n) is 4.07. The number of hydrogen-bond acceptors (Lipinski definition) is 3. The molecule has 0 amide bonds. The van der Waals surface area contributed by atoms with Crippen molar-refractivity contribution in [3.63, 3.8) is 0 Å². The summed E-state index contributed by atoms with van der Waals surface area (Å²) in [6, 6.07) is 8.10. The van der Waals surface area contributed by atoms with Gasteiger partial charge in [0, 0.05) is 6.04 Å². The quantitative estimate of drug-likeness (QED) is 0.791. The van der Waals surface area contributed by atoms with Crippen LogP contribution in [0.1, 0.15) is 27.7 Å². The minimum atomic E-state index is 0.146. The van der Waals surface area contributed by atoms with Crippen LogP contribution >= 0.6 is 0 Å². The van der Waals surface area contributed by atoms with E-state index < -0.39 is 0 Å². The average molecular weight is 237 g/mol. The summed E-state index contributed by atoms with van der Waals surface area (Å²) in [6.45, 7) is 9.92. The molecule has 17 heavy (non-hydrogen) atoms. The van der Waals surface area contributed by atoms with E-state index in [0.717, 1.165) is 18.0 Å². The number of rotatable bonds is 7. The van der Waals surface area contributed by atoms with Gasteiger partial charge in [-0.2, -0.15) is 0 Å². The lowest BCUT2D eigenvalue weighted by molar-refractivity contribution is 0.179. The first-order chi connectivity index (χ1) is 8.17. The van der Waals surface area contributed by atoms with Crippen LogP contribution in [0.4, 0.5) is 0 Å². The molecule has 0 fully saturated rings. The molecule has 1 N–H and O–H groups in total. The third-order valence-corrected chi connectivity index (χ3v) is 2.69. The van der Waals surface area contributed by atoms with E-state index in [1.165, 1.54) is 0 Å². The SMILES string of the molecule is CCNC(C)C(C)Oc1ccc(OCC)cc1. The lowest BCUT2D eigenvalue weighted by atomic mass is 10.2. The number of likely N-dealkylation sites (N-methyl/N-ethyl adjacent to an activating group) is 1. The van der Waals surface area contributed by atoms with Gasteiger partial charge in [0.05, 0.1) is 6.61 Å². The van der Waals surface area contributed by atoms with Crippen molar-refractivity contribution in [2.24, 2.45) is 0 Å². The van der Waals surface area contributed by atoms with Gasteiger partial charge in [0.15, 0.2) is 0 Å². The van der Waals surface area contributed by atoms with Crippen LogP contribution in [-0.4, -0.2) is 25.3 Å². The molecule has 1 aromatic rings.